The van der Waals surface area contributed by atoms with Crippen molar-refractivity contribution in [3.8, 4) is 0 Å². The molecule has 1 aliphatic rings. The molecular formula is C14H19BrN2O. The molecule has 1 aromatic carbocycles. The van der Waals surface area contributed by atoms with Crippen LogP contribution in [0.2, 0.25) is 0 Å². The number of benzene rings is 1. The lowest BCUT2D eigenvalue weighted by atomic mass is 10.1. The number of nitrogens with one attached hydrogen (secondary N) is 1. The highest BCUT2D eigenvalue weighted by Crippen LogP contribution is 2.22. The van der Waals surface area contributed by atoms with E-state index in [2.05, 4.69) is 21.2 Å². The molecule has 2 rings (SSSR count). The van der Waals surface area contributed by atoms with Crippen LogP contribution in [0, 0.1) is 6.92 Å². The second-order valence-electron chi connectivity index (χ2n) is 4.72. The van der Waals surface area contributed by atoms with Gasteiger partial charge in [-0.05, 0) is 54.9 Å². The minimum absolute atomic E-state index is 0.127. The van der Waals surface area contributed by atoms with Crippen LogP contribution in [-0.4, -0.2) is 36.5 Å². The summed E-state index contributed by atoms with van der Waals surface area (Å²) in [5, 5.41) is 3.31. The first-order valence-electron chi connectivity index (χ1n) is 6.41. The summed E-state index contributed by atoms with van der Waals surface area (Å²) in [6.45, 7) is 6.72. The summed E-state index contributed by atoms with van der Waals surface area (Å²) in [5.74, 6) is 0.127. The minimum atomic E-state index is 0.127. The van der Waals surface area contributed by atoms with Crippen LogP contribution >= 0.6 is 15.9 Å². The van der Waals surface area contributed by atoms with Crippen LogP contribution < -0.4 is 5.32 Å². The van der Waals surface area contributed by atoms with Gasteiger partial charge in [0, 0.05) is 23.6 Å². The van der Waals surface area contributed by atoms with E-state index < -0.39 is 0 Å². The number of halogens is 1. The highest BCUT2D eigenvalue weighted by atomic mass is 79.9. The van der Waals surface area contributed by atoms with Crippen molar-refractivity contribution in [2.24, 2.45) is 0 Å². The van der Waals surface area contributed by atoms with Crippen molar-refractivity contribution in [3.05, 3.63) is 33.8 Å². The van der Waals surface area contributed by atoms with Crippen molar-refractivity contribution in [1.82, 2.24) is 10.2 Å². The van der Waals surface area contributed by atoms with E-state index in [0.29, 0.717) is 6.04 Å². The number of rotatable bonds is 3. The Kier molecular flexibility index (Phi) is 4.40. The summed E-state index contributed by atoms with van der Waals surface area (Å²) in [4.78, 5) is 14.6. The smallest absolute Gasteiger partial charge is 0.255 e. The Morgan fingerprint density at radius 3 is 2.94 bits per heavy atom. The van der Waals surface area contributed by atoms with Crippen LogP contribution in [0.15, 0.2) is 22.7 Å². The summed E-state index contributed by atoms with van der Waals surface area (Å²) >= 11 is 3.47. The average Bonchev–Trinajstić information content (AvgIpc) is 2.87. The monoisotopic (exact) mass is 310 g/mol. The average molecular weight is 311 g/mol. The second kappa shape index (κ2) is 5.85. The third-order valence-corrected chi connectivity index (χ3v) is 4.12. The van der Waals surface area contributed by atoms with Gasteiger partial charge >= 0.3 is 0 Å². The number of carbonyl (C=O) groups is 1. The fourth-order valence-corrected chi connectivity index (χ4v) is 2.85. The zero-order valence-corrected chi connectivity index (χ0v) is 12.5. The zero-order valence-electron chi connectivity index (χ0n) is 10.9. The maximum Gasteiger partial charge on any atom is 0.255 e. The van der Waals surface area contributed by atoms with Crippen molar-refractivity contribution in [2.75, 3.05) is 19.6 Å². The lowest BCUT2D eigenvalue weighted by Crippen LogP contribution is -2.41. The fourth-order valence-electron chi connectivity index (χ4n) is 2.43. The van der Waals surface area contributed by atoms with Gasteiger partial charge < -0.3 is 10.2 Å². The Morgan fingerprint density at radius 2 is 2.33 bits per heavy atom. The molecule has 98 valence electrons. The molecule has 1 aliphatic heterocycles. The largest absolute Gasteiger partial charge is 0.335 e. The van der Waals surface area contributed by atoms with Crippen LogP contribution in [0.5, 0.6) is 0 Å². The number of aryl methyl sites for hydroxylation is 1. The Hall–Kier alpha value is -0.870. The maximum absolute atomic E-state index is 12.6. The molecule has 18 heavy (non-hydrogen) atoms. The van der Waals surface area contributed by atoms with Gasteiger partial charge in [-0.1, -0.05) is 11.6 Å². The molecule has 0 spiro atoms. The topological polar surface area (TPSA) is 32.3 Å². The molecule has 0 bridgehead atoms. The van der Waals surface area contributed by atoms with Crippen LogP contribution in [0.25, 0.3) is 0 Å². The van der Waals surface area contributed by atoms with Crippen LogP contribution in [-0.2, 0) is 0 Å². The summed E-state index contributed by atoms with van der Waals surface area (Å²) in [6, 6.07) is 6.24. The lowest BCUT2D eigenvalue weighted by molar-refractivity contribution is 0.0702. The van der Waals surface area contributed by atoms with Gasteiger partial charge in [0.25, 0.3) is 5.91 Å². The van der Waals surface area contributed by atoms with Gasteiger partial charge in [0.1, 0.15) is 0 Å². The first-order chi connectivity index (χ1) is 8.63. The standard InChI is InChI=1S/C14H19BrN2O/c1-3-17(11-6-7-16-9-11)14(18)12-8-10(2)4-5-13(12)15/h4-5,8,11,16H,3,6-7,9H2,1-2H3. The first kappa shape index (κ1) is 13.6. The van der Waals surface area contributed by atoms with Crippen molar-refractivity contribution in [1.29, 1.82) is 0 Å². The SMILES string of the molecule is CCN(C(=O)c1cc(C)ccc1Br)C1CCNC1. The predicted octanol–water partition coefficient (Wildman–Crippen LogP) is 2.58. The van der Waals surface area contributed by atoms with Crippen molar-refractivity contribution < 1.29 is 4.79 Å². The fraction of sp³-hybridized carbons (Fsp3) is 0.500. The van der Waals surface area contributed by atoms with Gasteiger partial charge in [0.15, 0.2) is 0 Å². The highest BCUT2D eigenvalue weighted by Gasteiger charge is 2.26. The van der Waals surface area contributed by atoms with Crippen molar-refractivity contribution in [2.45, 2.75) is 26.3 Å². The number of carbonyl (C=O) groups excluding carboxylic acids is 1. The summed E-state index contributed by atoms with van der Waals surface area (Å²) < 4.78 is 0.877. The number of likely N-dealkylation sites (N-methyl/N-ethyl adjacent to an activating group) is 1. The van der Waals surface area contributed by atoms with Crippen molar-refractivity contribution >= 4 is 21.8 Å². The van der Waals surface area contributed by atoms with E-state index in [1.54, 1.807) is 0 Å². The number of hydrogen-bond donors (Lipinski definition) is 1. The predicted molar refractivity (Wildman–Crippen MR) is 76.9 cm³/mol. The van der Waals surface area contributed by atoms with E-state index in [9.17, 15) is 4.79 Å². The summed E-state index contributed by atoms with van der Waals surface area (Å²) in [6.07, 6.45) is 1.04. The molecule has 1 N–H and O–H groups in total. The number of hydrogen-bond acceptors (Lipinski definition) is 2. The van der Waals surface area contributed by atoms with Gasteiger partial charge in [-0.2, -0.15) is 0 Å². The van der Waals surface area contributed by atoms with E-state index in [1.165, 1.54) is 0 Å². The molecule has 0 aliphatic carbocycles. The third-order valence-electron chi connectivity index (χ3n) is 3.43. The summed E-state index contributed by atoms with van der Waals surface area (Å²) in [5.41, 5.74) is 1.88. The highest BCUT2D eigenvalue weighted by molar-refractivity contribution is 9.10. The number of nitrogens with zero attached hydrogens (tertiary/aromatic N) is 1. The lowest BCUT2D eigenvalue weighted by Gasteiger charge is -2.27. The van der Waals surface area contributed by atoms with Gasteiger partial charge in [0.05, 0.1) is 5.56 Å². The molecule has 1 amide bonds. The van der Waals surface area contributed by atoms with Gasteiger partial charge in [0.2, 0.25) is 0 Å². The Bertz CT molecular complexity index is 441. The second-order valence-corrected chi connectivity index (χ2v) is 5.58. The van der Waals surface area contributed by atoms with Gasteiger partial charge in [-0.25, -0.2) is 0 Å². The Morgan fingerprint density at radius 1 is 1.56 bits per heavy atom. The van der Waals surface area contributed by atoms with Crippen LogP contribution in [0.3, 0.4) is 0 Å². The minimum Gasteiger partial charge on any atom is -0.335 e. The Balaban J connectivity index is 2.25. The zero-order chi connectivity index (χ0) is 13.1. The molecule has 1 fully saturated rings. The quantitative estimate of drug-likeness (QED) is 0.930. The van der Waals surface area contributed by atoms with Crippen molar-refractivity contribution in [3.63, 3.8) is 0 Å². The molecule has 1 atom stereocenters. The molecule has 0 radical (unpaired) electrons. The van der Waals surface area contributed by atoms with Gasteiger partial charge in [-0.15, -0.1) is 0 Å². The molecular weight excluding hydrogens is 292 g/mol. The molecule has 1 aromatic rings. The van der Waals surface area contributed by atoms with E-state index in [1.807, 2.05) is 36.9 Å². The maximum atomic E-state index is 12.6. The van der Waals surface area contributed by atoms with Gasteiger partial charge in [-0.3, -0.25) is 4.79 Å². The molecule has 1 unspecified atom stereocenters. The van der Waals surface area contributed by atoms with E-state index in [0.717, 1.165) is 41.7 Å². The first-order valence-corrected chi connectivity index (χ1v) is 7.20. The van der Waals surface area contributed by atoms with E-state index in [-0.39, 0.29) is 5.91 Å². The van der Waals surface area contributed by atoms with Crippen LogP contribution in [0.1, 0.15) is 29.3 Å². The van der Waals surface area contributed by atoms with E-state index >= 15 is 0 Å². The molecule has 3 nitrogen and oxygen atoms in total. The Labute approximate surface area is 117 Å². The third kappa shape index (κ3) is 2.75. The molecule has 4 heteroatoms. The molecule has 0 aromatic heterocycles. The molecule has 0 saturated carbocycles. The molecule has 1 saturated heterocycles. The number of amides is 1. The summed E-state index contributed by atoms with van der Waals surface area (Å²) in [7, 11) is 0. The van der Waals surface area contributed by atoms with Crippen LogP contribution in [0.4, 0.5) is 0 Å². The van der Waals surface area contributed by atoms with E-state index in [4.69, 9.17) is 0 Å². The molecule has 1 heterocycles. The normalized spacial score (nSPS) is 18.9.